The van der Waals surface area contributed by atoms with Crippen molar-refractivity contribution >= 4 is 35.4 Å². The first-order chi connectivity index (χ1) is 26.3. The molecule has 11 nitrogen and oxygen atoms in total. The Bertz CT molecular complexity index is 1470. The van der Waals surface area contributed by atoms with Gasteiger partial charge in [0.1, 0.15) is 6.04 Å². The zero-order chi connectivity index (χ0) is 40.2. The number of ether oxygens (including phenoxy) is 1. The van der Waals surface area contributed by atoms with Crippen LogP contribution in [0.5, 0.6) is 0 Å². The summed E-state index contributed by atoms with van der Waals surface area (Å²) >= 11 is 1.66. The number of likely N-dealkylation sites (tertiary alicyclic amines) is 1. The van der Waals surface area contributed by atoms with Gasteiger partial charge < -0.3 is 24.8 Å². The molecule has 2 fully saturated rings. The second-order valence-corrected chi connectivity index (χ2v) is 17.2. The molecule has 5 unspecified atom stereocenters. The minimum atomic E-state index is -0.702. The largest absolute Gasteiger partial charge is 0.379 e. The molecule has 0 saturated carbocycles. The molecule has 304 valence electrons. The zero-order valence-electron chi connectivity index (χ0n) is 34.6. The van der Waals surface area contributed by atoms with E-state index >= 15 is 0 Å². The number of benzene rings is 2. The maximum absolute atomic E-state index is 13.9. The normalized spacial score (nSPS) is 18.8. The predicted octanol–water partition coefficient (Wildman–Crippen LogP) is 4.62. The molecular weight excluding hydrogens is 713 g/mol. The molecule has 55 heavy (non-hydrogen) atoms. The van der Waals surface area contributed by atoms with Gasteiger partial charge in [0.2, 0.25) is 23.6 Å². The zero-order valence-corrected chi connectivity index (χ0v) is 35.5. The number of carbonyl (C=O) groups is 4. The number of hydrogen-bond acceptors (Lipinski definition) is 8. The number of amides is 4. The lowest BCUT2D eigenvalue weighted by atomic mass is 9.96. The summed E-state index contributed by atoms with van der Waals surface area (Å²) in [4.78, 5) is 64.4. The first-order valence-electron chi connectivity index (χ1n) is 20.0. The van der Waals surface area contributed by atoms with Gasteiger partial charge in [0.15, 0.2) is 0 Å². The van der Waals surface area contributed by atoms with Crippen molar-refractivity contribution in [2.24, 2.45) is 11.8 Å². The van der Waals surface area contributed by atoms with E-state index in [1.165, 1.54) is 11.1 Å². The van der Waals surface area contributed by atoms with Crippen LogP contribution in [0.15, 0.2) is 60.7 Å². The Balaban J connectivity index is 1.33. The molecule has 2 saturated heterocycles. The van der Waals surface area contributed by atoms with Crippen LogP contribution in [0, 0.1) is 11.8 Å². The lowest BCUT2D eigenvalue weighted by molar-refractivity contribution is -0.141. The van der Waals surface area contributed by atoms with Crippen LogP contribution in [0.25, 0.3) is 0 Å². The quantitative estimate of drug-likeness (QED) is 0.234. The third-order valence-corrected chi connectivity index (χ3v) is 12.4. The van der Waals surface area contributed by atoms with E-state index in [4.69, 9.17) is 4.74 Å². The molecule has 0 radical (unpaired) electrons. The number of nitrogens with one attached hydrogen (secondary N) is 1. The Morgan fingerprint density at radius 1 is 0.818 bits per heavy atom. The maximum Gasteiger partial charge on any atom is 0.245 e. The topological polar surface area (TPSA) is 106 Å². The van der Waals surface area contributed by atoms with Crippen LogP contribution in [0.4, 0.5) is 0 Å². The highest BCUT2D eigenvalue weighted by Crippen LogP contribution is 2.32. The van der Waals surface area contributed by atoms with E-state index in [2.05, 4.69) is 58.7 Å². The molecule has 2 aromatic rings. The van der Waals surface area contributed by atoms with Gasteiger partial charge in [-0.15, -0.1) is 0 Å². The van der Waals surface area contributed by atoms with Gasteiger partial charge in [-0.25, -0.2) is 0 Å². The third-order valence-electron chi connectivity index (χ3n) is 11.3. The number of piperazine rings is 1. The number of likely N-dealkylation sites (N-methyl/N-ethyl adjacent to an activating group) is 2. The Labute approximate surface area is 334 Å². The molecule has 0 bridgehead atoms. The molecule has 4 amide bonds. The standard InChI is InChI=1S/C43H66N6O5S/c1-30(2)39(44-42(52)40(31(3)4)45(5)6)43(53)46(7)29-34(54-8)27-38(51)49-22-16-21-35(49)36(55-9)28-37(50)47-23-25-48(26-24-47)41(32-17-12-10-13-18-32)33-19-14-11-15-20-33/h10-15,17-20,30-31,34-36,39-41H,16,21-29H2,1-9H3,(H,44,52). The van der Waals surface area contributed by atoms with Gasteiger partial charge in [-0.05, 0) is 56.2 Å². The van der Waals surface area contributed by atoms with Gasteiger partial charge in [-0.2, -0.15) is 11.8 Å². The maximum atomic E-state index is 13.9. The molecule has 2 aromatic carbocycles. The van der Waals surface area contributed by atoms with Gasteiger partial charge >= 0.3 is 0 Å². The number of hydrogen-bond donors (Lipinski definition) is 1. The van der Waals surface area contributed by atoms with Gasteiger partial charge in [0.25, 0.3) is 0 Å². The molecular formula is C43H66N6O5S. The lowest BCUT2D eigenvalue weighted by Crippen LogP contribution is -2.56. The van der Waals surface area contributed by atoms with Crippen LogP contribution < -0.4 is 5.32 Å². The van der Waals surface area contributed by atoms with Gasteiger partial charge in [-0.3, -0.25) is 29.0 Å². The van der Waals surface area contributed by atoms with Gasteiger partial charge in [-0.1, -0.05) is 88.4 Å². The predicted molar refractivity (Wildman–Crippen MR) is 222 cm³/mol. The molecule has 12 heteroatoms. The van der Waals surface area contributed by atoms with Crippen LogP contribution in [-0.2, 0) is 23.9 Å². The SMILES string of the molecule is COC(CC(=O)N1CCCC1C(CC(=O)N1CCN(C(c2ccccc2)c2ccccc2)CC1)SC)CN(C)C(=O)C(NC(=O)C(C(C)C)N(C)C)C(C)C. The molecule has 5 atom stereocenters. The van der Waals surface area contributed by atoms with E-state index in [-0.39, 0.29) is 71.8 Å². The highest BCUT2D eigenvalue weighted by molar-refractivity contribution is 7.99. The fourth-order valence-electron chi connectivity index (χ4n) is 8.33. The minimum Gasteiger partial charge on any atom is -0.379 e. The van der Waals surface area contributed by atoms with E-state index in [1.807, 2.05) is 74.9 Å². The van der Waals surface area contributed by atoms with Crippen molar-refractivity contribution in [3.63, 3.8) is 0 Å². The summed E-state index contributed by atoms with van der Waals surface area (Å²) in [5, 5.41) is 2.98. The van der Waals surface area contributed by atoms with E-state index in [9.17, 15) is 19.2 Å². The van der Waals surface area contributed by atoms with Crippen LogP contribution in [0.3, 0.4) is 0 Å². The Kier molecular flexibility index (Phi) is 17.0. The highest BCUT2D eigenvalue weighted by atomic mass is 32.2. The molecule has 0 aromatic heterocycles. The van der Waals surface area contributed by atoms with Gasteiger partial charge in [0.05, 0.1) is 24.6 Å². The average molecular weight is 779 g/mol. The average Bonchev–Trinajstić information content (AvgIpc) is 3.66. The Morgan fingerprint density at radius 2 is 1.40 bits per heavy atom. The first-order valence-corrected chi connectivity index (χ1v) is 21.2. The van der Waals surface area contributed by atoms with E-state index in [0.717, 1.165) is 25.9 Å². The Morgan fingerprint density at radius 3 is 1.89 bits per heavy atom. The molecule has 0 aliphatic carbocycles. The van der Waals surface area contributed by atoms with Crippen molar-refractivity contribution < 1.29 is 23.9 Å². The summed E-state index contributed by atoms with van der Waals surface area (Å²) in [6.07, 6.45) is 3.76. The van der Waals surface area contributed by atoms with Crippen LogP contribution in [-0.4, -0.2) is 151 Å². The summed E-state index contributed by atoms with van der Waals surface area (Å²) in [5.41, 5.74) is 2.50. The van der Waals surface area contributed by atoms with Crippen molar-refractivity contribution in [2.75, 3.05) is 73.8 Å². The molecule has 2 aliphatic heterocycles. The minimum absolute atomic E-state index is 0.0177. The number of methoxy groups -OCH3 is 1. The lowest BCUT2D eigenvalue weighted by Gasteiger charge is -2.40. The van der Waals surface area contributed by atoms with Crippen molar-refractivity contribution in [3.05, 3.63) is 71.8 Å². The van der Waals surface area contributed by atoms with Crippen LogP contribution in [0.1, 0.15) is 70.5 Å². The molecule has 2 aliphatic rings. The van der Waals surface area contributed by atoms with E-state index in [1.54, 1.807) is 30.8 Å². The second-order valence-electron chi connectivity index (χ2n) is 16.1. The second kappa shape index (κ2) is 21.2. The van der Waals surface area contributed by atoms with Crippen LogP contribution >= 0.6 is 11.8 Å². The molecule has 2 heterocycles. The molecule has 4 rings (SSSR count). The highest BCUT2D eigenvalue weighted by Gasteiger charge is 2.38. The Hall–Kier alpha value is -3.45. The third kappa shape index (κ3) is 11.8. The fourth-order valence-corrected chi connectivity index (χ4v) is 9.24. The van der Waals surface area contributed by atoms with Crippen molar-refractivity contribution in [1.82, 2.24) is 29.8 Å². The monoisotopic (exact) mass is 778 g/mol. The van der Waals surface area contributed by atoms with Crippen molar-refractivity contribution in [2.45, 2.75) is 88.9 Å². The van der Waals surface area contributed by atoms with Crippen molar-refractivity contribution in [1.29, 1.82) is 0 Å². The van der Waals surface area contributed by atoms with Gasteiger partial charge in [0, 0.05) is 71.1 Å². The number of nitrogens with zero attached hydrogens (tertiary/aromatic N) is 5. The van der Waals surface area contributed by atoms with E-state index < -0.39 is 12.1 Å². The van der Waals surface area contributed by atoms with Crippen molar-refractivity contribution in [3.8, 4) is 0 Å². The fraction of sp³-hybridized carbons (Fsp3) is 0.628. The number of carbonyl (C=O) groups excluding carboxylic acids is 4. The number of rotatable bonds is 18. The first kappa shape index (κ1) is 44.3. The molecule has 0 spiro atoms. The summed E-state index contributed by atoms with van der Waals surface area (Å²) < 4.78 is 5.77. The summed E-state index contributed by atoms with van der Waals surface area (Å²) in [6, 6.07) is 20.2. The summed E-state index contributed by atoms with van der Waals surface area (Å²) in [5.74, 6) is -0.327. The molecule has 1 N–H and O–H groups in total. The summed E-state index contributed by atoms with van der Waals surface area (Å²) in [6.45, 7) is 11.6. The number of thioether (sulfide) groups is 1. The smallest absolute Gasteiger partial charge is 0.245 e. The van der Waals surface area contributed by atoms with E-state index in [0.29, 0.717) is 26.1 Å². The van der Waals surface area contributed by atoms with Crippen LogP contribution in [0.2, 0.25) is 0 Å². The summed E-state index contributed by atoms with van der Waals surface area (Å²) in [7, 11) is 6.99.